The number of aliphatic imine (C=N–C) groups is 1. The SMILES string of the molecule is CN=C(NCCCN(C)CCOC)NC(C)COC. The molecule has 0 bridgehead atoms. The van der Waals surface area contributed by atoms with Gasteiger partial charge in [0.05, 0.1) is 13.2 Å². The molecule has 19 heavy (non-hydrogen) atoms. The van der Waals surface area contributed by atoms with Crippen LogP contribution in [0.5, 0.6) is 0 Å². The summed E-state index contributed by atoms with van der Waals surface area (Å²) in [4.78, 5) is 6.44. The first-order chi connectivity index (χ1) is 9.13. The monoisotopic (exact) mass is 274 g/mol. The Kier molecular flexibility index (Phi) is 11.7. The molecule has 0 aliphatic carbocycles. The molecule has 0 spiro atoms. The molecule has 0 aromatic carbocycles. The Morgan fingerprint density at radius 3 is 2.58 bits per heavy atom. The zero-order chi connectivity index (χ0) is 14.5. The van der Waals surface area contributed by atoms with Gasteiger partial charge in [0, 0.05) is 40.4 Å². The van der Waals surface area contributed by atoms with E-state index in [-0.39, 0.29) is 6.04 Å². The lowest BCUT2D eigenvalue weighted by molar-refractivity contribution is 0.161. The highest BCUT2D eigenvalue weighted by atomic mass is 16.5. The van der Waals surface area contributed by atoms with Gasteiger partial charge in [-0.15, -0.1) is 0 Å². The third-order valence-electron chi connectivity index (χ3n) is 2.71. The van der Waals surface area contributed by atoms with Crippen molar-refractivity contribution in [2.75, 3.05) is 61.2 Å². The van der Waals surface area contributed by atoms with Gasteiger partial charge in [0.25, 0.3) is 0 Å². The molecule has 0 rings (SSSR count). The van der Waals surface area contributed by atoms with Crippen molar-refractivity contribution >= 4 is 5.96 Å². The predicted molar refractivity (Wildman–Crippen MR) is 79.8 cm³/mol. The van der Waals surface area contributed by atoms with Crippen LogP contribution in [0.1, 0.15) is 13.3 Å². The van der Waals surface area contributed by atoms with Crippen LogP contribution in [0.3, 0.4) is 0 Å². The fourth-order valence-electron chi connectivity index (χ4n) is 1.63. The molecule has 0 saturated heterocycles. The molecule has 0 amide bonds. The fraction of sp³-hybridized carbons (Fsp3) is 0.923. The number of methoxy groups -OCH3 is 2. The maximum absolute atomic E-state index is 5.08. The topological polar surface area (TPSA) is 58.1 Å². The van der Waals surface area contributed by atoms with Crippen LogP contribution >= 0.6 is 0 Å². The smallest absolute Gasteiger partial charge is 0.191 e. The fourth-order valence-corrected chi connectivity index (χ4v) is 1.63. The number of nitrogens with one attached hydrogen (secondary N) is 2. The molecule has 0 aliphatic heterocycles. The summed E-state index contributed by atoms with van der Waals surface area (Å²) in [6, 6.07) is 0.251. The highest BCUT2D eigenvalue weighted by molar-refractivity contribution is 5.79. The number of rotatable bonds is 10. The van der Waals surface area contributed by atoms with Crippen molar-refractivity contribution in [3.63, 3.8) is 0 Å². The first-order valence-electron chi connectivity index (χ1n) is 6.77. The lowest BCUT2D eigenvalue weighted by atomic mass is 10.3. The van der Waals surface area contributed by atoms with Crippen LogP contribution in [0.15, 0.2) is 4.99 Å². The largest absolute Gasteiger partial charge is 0.383 e. The van der Waals surface area contributed by atoms with Gasteiger partial charge >= 0.3 is 0 Å². The summed E-state index contributed by atoms with van der Waals surface area (Å²) in [7, 11) is 7.31. The summed E-state index contributed by atoms with van der Waals surface area (Å²) in [6.45, 7) is 6.42. The maximum Gasteiger partial charge on any atom is 0.191 e. The molecule has 0 fully saturated rings. The van der Waals surface area contributed by atoms with Gasteiger partial charge in [-0.25, -0.2) is 0 Å². The first-order valence-corrected chi connectivity index (χ1v) is 6.77. The van der Waals surface area contributed by atoms with Crippen molar-refractivity contribution in [1.29, 1.82) is 0 Å². The van der Waals surface area contributed by atoms with Crippen molar-refractivity contribution < 1.29 is 9.47 Å². The molecule has 0 radical (unpaired) electrons. The number of ether oxygens (including phenoxy) is 2. The molecule has 1 atom stereocenters. The van der Waals surface area contributed by atoms with Crippen molar-refractivity contribution in [3.05, 3.63) is 0 Å². The maximum atomic E-state index is 5.08. The van der Waals surface area contributed by atoms with E-state index in [0.717, 1.165) is 38.6 Å². The van der Waals surface area contributed by atoms with Crippen LogP contribution in [0, 0.1) is 0 Å². The third kappa shape index (κ3) is 10.7. The van der Waals surface area contributed by atoms with Crippen molar-refractivity contribution in [2.45, 2.75) is 19.4 Å². The van der Waals surface area contributed by atoms with E-state index >= 15 is 0 Å². The number of nitrogens with zero attached hydrogens (tertiary/aromatic N) is 2. The van der Waals surface area contributed by atoms with E-state index in [9.17, 15) is 0 Å². The van der Waals surface area contributed by atoms with E-state index in [1.165, 1.54) is 0 Å². The second kappa shape index (κ2) is 12.2. The van der Waals surface area contributed by atoms with Crippen LogP contribution in [0.2, 0.25) is 0 Å². The van der Waals surface area contributed by atoms with E-state index in [4.69, 9.17) is 9.47 Å². The van der Waals surface area contributed by atoms with Gasteiger partial charge < -0.3 is 25.0 Å². The number of hydrogen-bond acceptors (Lipinski definition) is 4. The zero-order valence-corrected chi connectivity index (χ0v) is 13.0. The Morgan fingerprint density at radius 1 is 1.26 bits per heavy atom. The number of likely N-dealkylation sites (N-methyl/N-ethyl adjacent to an activating group) is 1. The Hall–Kier alpha value is -0.850. The van der Waals surface area contributed by atoms with Crippen LogP contribution in [0.4, 0.5) is 0 Å². The van der Waals surface area contributed by atoms with Gasteiger partial charge in [-0.3, -0.25) is 4.99 Å². The van der Waals surface area contributed by atoms with Gasteiger partial charge in [-0.05, 0) is 26.9 Å². The zero-order valence-electron chi connectivity index (χ0n) is 13.0. The molecule has 1 unspecified atom stereocenters. The molecular weight excluding hydrogens is 244 g/mol. The summed E-state index contributed by atoms with van der Waals surface area (Å²) < 4.78 is 10.1. The van der Waals surface area contributed by atoms with Crippen LogP contribution in [-0.2, 0) is 9.47 Å². The van der Waals surface area contributed by atoms with E-state index in [0.29, 0.717) is 6.61 Å². The first kappa shape index (κ1) is 18.1. The molecular formula is C13H30N4O2. The average Bonchev–Trinajstić information content (AvgIpc) is 2.40. The van der Waals surface area contributed by atoms with Gasteiger partial charge in [0.1, 0.15) is 0 Å². The summed E-state index contributed by atoms with van der Waals surface area (Å²) >= 11 is 0. The molecule has 2 N–H and O–H groups in total. The summed E-state index contributed by atoms with van der Waals surface area (Å²) in [6.07, 6.45) is 1.07. The van der Waals surface area contributed by atoms with E-state index in [2.05, 4.69) is 34.5 Å². The van der Waals surface area contributed by atoms with Gasteiger partial charge in [-0.2, -0.15) is 0 Å². The van der Waals surface area contributed by atoms with Crippen molar-refractivity contribution in [2.24, 2.45) is 4.99 Å². The van der Waals surface area contributed by atoms with E-state index < -0.39 is 0 Å². The Morgan fingerprint density at radius 2 is 2.00 bits per heavy atom. The molecule has 6 heteroatoms. The van der Waals surface area contributed by atoms with Crippen LogP contribution in [-0.4, -0.2) is 78.1 Å². The van der Waals surface area contributed by atoms with Gasteiger partial charge in [0.15, 0.2) is 5.96 Å². The van der Waals surface area contributed by atoms with E-state index in [1.807, 2.05) is 0 Å². The minimum absolute atomic E-state index is 0.251. The summed E-state index contributed by atoms with van der Waals surface area (Å²) in [5.41, 5.74) is 0. The molecule has 0 heterocycles. The van der Waals surface area contributed by atoms with Crippen LogP contribution < -0.4 is 10.6 Å². The second-order valence-corrected chi connectivity index (χ2v) is 4.65. The standard InChI is InChI=1S/C13H30N4O2/c1-12(11-19-5)16-13(14-2)15-7-6-8-17(3)9-10-18-4/h12H,6-11H2,1-5H3,(H2,14,15,16). The summed E-state index contributed by atoms with van der Waals surface area (Å²) in [5, 5.41) is 6.57. The minimum atomic E-state index is 0.251. The van der Waals surface area contributed by atoms with Gasteiger partial charge in [-0.1, -0.05) is 0 Å². The van der Waals surface area contributed by atoms with Gasteiger partial charge in [0.2, 0.25) is 0 Å². The molecule has 0 saturated carbocycles. The van der Waals surface area contributed by atoms with Crippen molar-refractivity contribution in [1.82, 2.24) is 15.5 Å². The highest BCUT2D eigenvalue weighted by Crippen LogP contribution is 1.87. The van der Waals surface area contributed by atoms with E-state index in [1.54, 1.807) is 21.3 Å². The second-order valence-electron chi connectivity index (χ2n) is 4.65. The molecule has 0 aromatic rings. The van der Waals surface area contributed by atoms with Crippen LogP contribution in [0.25, 0.3) is 0 Å². The highest BCUT2D eigenvalue weighted by Gasteiger charge is 2.04. The number of hydrogen-bond donors (Lipinski definition) is 2. The summed E-state index contributed by atoms with van der Waals surface area (Å²) in [5.74, 6) is 0.823. The lowest BCUT2D eigenvalue weighted by Gasteiger charge is -2.19. The Bertz CT molecular complexity index is 237. The quantitative estimate of drug-likeness (QED) is 0.337. The molecule has 0 aliphatic rings. The average molecular weight is 274 g/mol. The lowest BCUT2D eigenvalue weighted by Crippen LogP contribution is -2.44. The van der Waals surface area contributed by atoms with Crippen molar-refractivity contribution in [3.8, 4) is 0 Å². The Labute approximate surface area is 117 Å². The molecule has 6 nitrogen and oxygen atoms in total. The molecule has 0 aromatic heterocycles. The predicted octanol–water partition coefficient (Wildman–Crippen LogP) is 0.155. The normalized spacial score (nSPS) is 13.7. The third-order valence-corrected chi connectivity index (χ3v) is 2.71. The minimum Gasteiger partial charge on any atom is -0.383 e. The molecule has 114 valence electrons. The Balaban J connectivity index is 3.67. The number of guanidine groups is 1.